The second-order valence-electron chi connectivity index (χ2n) is 6.30. The fourth-order valence-electron chi connectivity index (χ4n) is 2.58. The number of aromatic nitrogens is 2. The summed E-state index contributed by atoms with van der Waals surface area (Å²) in [6, 6.07) is 9.68. The molecular formula is C20H16ClF3N4O2. The van der Waals surface area contributed by atoms with Gasteiger partial charge in [-0.15, -0.1) is 0 Å². The molecule has 0 radical (unpaired) electrons. The summed E-state index contributed by atoms with van der Waals surface area (Å²) in [5.74, 6) is -0.293. The number of benzene rings is 1. The van der Waals surface area contributed by atoms with Crippen LogP contribution in [0.2, 0.25) is 5.02 Å². The quantitative estimate of drug-likeness (QED) is 0.579. The summed E-state index contributed by atoms with van der Waals surface area (Å²) in [6.07, 6.45) is -2.71. The fourth-order valence-corrected chi connectivity index (χ4v) is 2.73. The number of nitrogens with two attached hydrogens (primary N) is 1. The van der Waals surface area contributed by atoms with E-state index in [1.165, 1.54) is 12.3 Å². The van der Waals surface area contributed by atoms with Gasteiger partial charge in [0.05, 0.1) is 10.6 Å². The van der Waals surface area contributed by atoms with Gasteiger partial charge in [-0.25, -0.2) is 4.98 Å². The maximum absolute atomic E-state index is 12.8. The molecule has 0 aliphatic rings. The second-order valence-corrected chi connectivity index (χ2v) is 6.74. The van der Waals surface area contributed by atoms with Crippen LogP contribution in [0.15, 0.2) is 54.9 Å². The van der Waals surface area contributed by atoms with Crippen LogP contribution in [0.1, 0.15) is 34.6 Å². The number of nitrogens with zero attached hydrogens (tertiary/aromatic N) is 2. The predicted molar refractivity (Wildman–Crippen MR) is 106 cm³/mol. The lowest BCUT2D eigenvalue weighted by molar-refractivity contribution is -0.137. The van der Waals surface area contributed by atoms with Gasteiger partial charge in [-0.05, 0) is 36.8 Å². The lowest BCUT2D eigenvalue weighted by atomic mass is 10.1. The van der Waals surface area contributed by atoms with Crippen molar-refractivity contribution >= 4 is 29.0 Å². The molecule has 0 bridgehead atoms. The second kappa shape index (κ2) is 8.58. The van der Waals surface area contributed by atoms with Gasteiger partial charge < -0.3 is 15.8 Å². The van der Waals surface area contributed by atoms with E-state index in [1.807, 2.05) is 0 Å². The van der Waals surface area contributed by atoms with Crippen molar-refractivity contribution in [2.45, 2.75) is 19.2 Å². The van der Waals surface area contributed by atoms with Gasteiger partial charge in [-0.2, -0.15) is 13.2 Å². The molecule has 156 valence electrons. The summed E-state index contributed by atoms with van der Waals surface area (Å²) < 4.78 is 44.3. The van der Waals surface area contributed by atoms with Crippen molar-refractivity contribution in [1.29, 1.82) is 0 Å². The zero-order chi connectivity index (χ0) is 21.9. The van der Waals surface area contributed by atoms with Crippen LogP contribution in [-0.4, -0.2) is 15.9 Å². The molecule has 3 aromatic rings. The number of anilines is 2. The van der Waals surface area contributed by atoms with Crippen LogP contribution in [0.4, 0.5) is 24.7 Å². The number of ether oxygens (including phenoxy) is 1. The predicted octanol–water partition coefficient (Wildman–Crippen LogP) is 5.12. The van der Waals surface area contributed by atoms with Crippen LogP contribution < -0.4 is 15.8 Å². The van der Waals surface area contributed by atoms with Gasteiger partial charge in [-0.3, -0.25) is 9.78 Å². The van der Waals surface area contributed by atoms with E-state index in [2.05, 4.69) is 15.3 Å². The van der Waals surface area contributed by atoms with Crippen LogP contribution in [0.3, 0.4) is 0 Å². The normalized spacial score (nSPS) is 12.3. The number of hydrogen-bond acceptors (Lipinski definition) is 5. The van der Waals surface area contributed by atoms with Crippen LogP contribution in [0.25, 0.3) is 0 Å². The van der Waals surface area contributed by atoms with Gasteiger partial charge in [0.2, 0.25) is 0 Å². The summed E-state index contributed by atoms with van der Waals surface area (Å²) >= 11 is 5.90. The van der Waals surface area contributed by atoms with E-state index in [0.717, 1.165) is 12.3 Å². The fraction of sp³-hybridized carbons (Fsp3) is 0.150. The molecule has 30 heavy (non-hydrogen) atoms. The molecule has 0 spiro atoms. The summed E-state index contributed by atoms with van der Waals surface area (Å²) in [5, 5.41) is 2.90. The summed E-state index contributed by atoms with van der Waals surface area (Å²) in [6.45, 7) is 1.76. The van der Waals surface area contributed by atoms with Crippen LogP contribution >= 0.6 is 11.6 Å². The number of rotatable bonds is 5. The third-order valence-corrected chi connectivity index (χ3v) is 4.29. The highest BCUT2D eigenvalue weighted by Crippen LogP contribution is 2.30. The lowest BCUT2D eigenvalue weighted by Crippen LogP contribution is -2.16. The van der Waals surface area contributed by atoms with E-state index in [1.54, 1.807) is 31.2 Å². The van der Waals surface area contributed by atoms with E-state index >= 15 is 0 Å². The van der Waals surface area contributed by atoms with Gasteiger partial charge in [0, 0.05) is 24.1 Å². The highest BCUT2D eigenvalue weighted by molar-refractivity contribution is 6.30. The molecule has 1 aromatic carbocycles. The molecule has 2 aromatic heterocycles. The van der Waals surface area contributed by atoms with Gasteiger partial charge in [-0.1, -0.05) is 23.7 Å². The molecule has 1 amide bonds. The monoisotopic (exact) mass is 436 g/mol. The van der Waals surface area contributed by atoms with Crippen LogP contribution in [0.5, 0.6) is 5.75 Å². The Morgan fingerprint density at radius 1 is 1.20 bits per heavy atom. The summed E-state index contributed by atoms with van der Waals surface area (Å²) in [4.78, 5) is 20.0. The minimum Gasteiger partial charge on any atom is -0.482 e. The van der Waals surface area contributed by atoms with Gasteiger partial charge in [0.15, 0.2) is 11.6 Å². The van der Waals surface area contributed by atoms with Crippen molar-refractivity contribution in [3.05, 3.63) is 76.7 Å². The van der Waals surface area contributed by atoms with Crippen LogP contribution in [-0.2, 0) is 6.18 Å². The van der Waals surface area contributed by atoms with E-state index in [4.69, 9.17) is 22.1 Å². The molecule has 0 aliphatic carbocycles. The van der Waals surface area contributed by atoms with Crippen molar-refractivity contribution in [2.75, 3.05) is 11.1 Å². The smallest absolute Gasteiger partial charge is 0.416 e. The summed E-state index contributed by atoms with van der Waals surface area (Å²) in [5.41, 5.74) is 5.53. The number of halogens is 4. The minimum absolute atomic E-state index is 0.173. The third kappa shape index (κ3) is 5.18. The number of nitrogens with one attached hydrogen (secondary N) is 1. The molecule has 0 aliphatic heterocycles. The van der Waals surface area contributed by atoms with Crippen LogP contribution in [0, 0.1) is 0 Å². The number of amides is 1. The number of pyridine rings is 2. The Kier molecular flexibility index (Phi) is 6.12. The standard InChI is InChI=1S/C20H16ClF3N4O2/c1-11(30-17-9-14(21)10-27-18(17)25)12-3-2-4-15(7-12)28-19(29)16-8-13(5-6-26-16)20(22,23)24/h2-11H,1H3,(H2,25,27)(H,28,29). The first-order chi connectivity index (χ1) is 14.1. The Balaban J connectivity index is 1.75. The lowest BCUT2D eigenvalue weighted by Gasteiger charge is -2.17. The molecule has 1 unspecified atom stereocenters. The first-order valence-corrected chi connectivity index (χ1v) is 9.03. The highest BCUT2D eigenvalue weighted by Gasteiger charge is 2.31. The molecule has 10 heteroatoms. The number of nitrogen functional groups attached to an aromatic ring is 1. The van der Waals surface area contributed by atoms with Gasteiger partial charge in [0.1, 0.15) is 11.8 Å². The number of hydrogen-bond donors (Lipinski definition) is 2. The van der Waals surface area contributed by atoms with E-state index in [9.17, 15) is 18.0 Å². The molecule has 0 fully saturated rings. The molecule has 0 saturated heterocycles. The third-order valence-electron chi connectivity index (χ3n) is 4.09. The Labute approximate surface area is 174 Å². The topological polar surface area (TPSA) is 90.1 Å². The Morgan fingerprint density at radius 2 is 1.97 bits per heavy atom. The van der Waals surface area contributed by atoms with E-state index in [0.29, 0.717) is 28.1 Å². The Morgan fingerprint density at radius 3 is 2.70 bits per heavy atom. The highest BCUT2D eigenvalue weighted by atomic mass is 35.5. The first-order valence-electron chi connectivity index (χ1n) is 8.65. The Bertz CT molecular complexity index is 1080. The Hall–Kier alpha value is -3.33. The molecular weight excluding hydrogens is 421 g/mol. The van der Waals surface area contributed by atoms with Gasteiger partial charge >= 0.3 is 6.18 Å². The molecule has 6 nitrogen and oxygen atoms in total. The maximum atomic E-state index is 12.8. The van der Waals surface area contributed by atoms with Crippen molar-refractivity contribution < 1.29 is 22.7 Å². The van der Waals surface area contributed by atoms with Crippen molar-refractivity contribution in [3.63, 3.8) is 0 Å². The van der Waals surface area contributed by atoms with E-state index < -0.39 is 23.8 Å². The molecule has 3 N–H and O–H groups in total. The zero-order valence-electron chi connectivity index (χ0n) is 15.6. The molecule has 1 atom stereocenters. The number of carbonyl (C=O) groups is 1. The first kappa shape index (κ1) is 21.4. The molecule has 0 saturated carbocycles. The minimum atomic E-state index is -4.57. The zero-order valence-corrected chi connectivity index (χ0v) is 16.3. The maximum Gasteiger partial charge on any atom is 0.416 e. The molecule has 3 rings (SSSR count). The van der Waals surface area contributed by atoms with E-state index in [-0.39, 0.29) is 11.5 Å². The summed E-state index contributed by atoms with van der Waals surface area (Å²) in [7, 11) is 0. The molecule has 2 heterocycles. The number of carbonyl (C=O) groups excluding carboxylic acids is 1. The average Bonchev–Trinajstić information content (AvgIpc) is 2.70. The average molecular weight is 437 g/mol. The van der Waals surface area contributed by atoms with Crippen molar-refractivity contribution in [3.8, 4) is 5.75 Å². The van der Waals surface area contributed by atoms with Crippen molar-refractivity contribution in [1.82, 2.24) is 9.97 Å². The largest absolute Gasteiger partial charge is 0.482 e. The van der Waals surface area contributed by atoms with Gasteiger partial charge in [0.25, 0.3) is 5.91 Å². The SMILES string of the molecule is CC(Oc1cc(Cl)cnc1N)c1cccc(NC(=O)c2cc(C(F)(F)F)ccn2)c1. The van der Waals surface area contributed by atoms with Crippen molar-refractivity contribution in [2.24, 2.45) is 0 Å². The number of alkyl halides is 3.